The first-order valence-corrected chi connectivity index (χ1v) is 7.64. The third-order valence-corrected chi connectivity index (χ3v) is 3.35. The molecule has 1 saturated heterocycles. The smallest absolute Gasteiger partial charge is 0.389 e. The highest BCUT2D eigenvalue weighted by molar-refractivity contribution is 7.83. The monoisotopic (exact) mass is 323 g/mol. The molecule has 4 atom stereocenters. The molecule has 13 heteroatoms. The molecular formula is C6H13NO10S2. The highest BCUT2D eigenvalue weighted by Crippen LogP contribution is 2.17. The average molecular weight is 323 g/mol. The highest BCUT2D eigenvalue weighted by Gasteiger charge is 2.40. The molecule has 11 nitrogen and oxygen atoms in total. The van der Waals surface area contributed by atoms with Crippen molar-refractivity contribution in [2.75, 3.05) is 13.2 Å². The minimum Gasteiger partial charge on any atom is -0.389 e. The number of ether oxygens (including phenoxy) is 1. The van der Waals surface area contributed by atoms with E-state index in [1.165, 1.54) is 0 Å². The SMILES string of the molecule is O=S(=O)(O)NC1COC(COS(=O)(=O)O)[C@H](O)[C@@H]1O. The van der Waals surface area contributed by atoms with Crippen LogP contribution < -0.4 is 4.72 Å². The van der Waals surface area contributed by atoms with E-state index in [9.17, 15) is 27.0 Å². The maximum atomic E-state index is 10.5. The van der Waals surface area contributed by atoms with E-state index in [0.717, 1.165) is 0 Å². The number of hydrogen-bond donors (Lipinski definition) is 5. The summed E-state index contributed by atoms with van der Waals surface area (Å²) in [5.74, 6) is 0. The van der Waals surface area contributed by atoms with Crippen molar-refractivity contribution >= 4 is 20.7 Å². The molecule has 0 aromatic rings. The first-order chi connectivity index (χ1) is 8.49. The Morgan fingerprint density at radius 1 is 1.16 bits per heavy atom. The van der Waals surface area contributed by atoms with Gasteiger partial charge in [0, 0.05) is 0 Å². The van der Waals surface area contributed by atoms with E-state index < -0.39 is 58.3 Å². The first kappa shape index (κ1) is 16.7. The average Bonchev–Trinajstić information content (AvgIpc) is 2.21. The number of rotatable bonds is 5. The fraction of sp³-hybridized carbons (Fsp3) is 1.00. The van der Waals surface area contributed by atoms with Crippen LogP contribution in [0.25, 0.3) is 0 Å². The number of aliphatic hydroxyl groups is 2. The molecule has 1 heterocycles. The van der Waals surface area contributed by atoms with Crippen LogP contribution in [-0.4, -0.2) is 73.7 Å². The molecule has 0 saturated carbocycles. The fourth-order valence-electron chi connectivity index (χ4n) is 1.48. The second-order valence-electron chi connectivity index (χ2n) is 3.76. The third-order valence-electron chi connectivity index (χ3n) is 2.31. The van der Waals surface area contributed by atoms with E-state index in [0.29, 0.717) is 0 Å². The molecule has 2 unspecified atom stereocenters. The Morgan fingerprint density at radius 3 is 2.21 bits per heavy atom. The van der Waals surface area contributed by atoms with E-state index in [1.807, 2.05) is 0 Å². The lowest BCUT2D eigenvalue weighted by atomic mass is 9.99. The molecule has 1 fully saturated rings. The van der Waals surface area contributed by atoms with Crippen LogP contribution in [0.3, 0.4) is 0 Å². The van der Waals surface area contributed by atoms with E-state index in [-0.39, 0.29) is 0 Å². The van der Waals surface area contributed by atoms with E-state index in [4.69, 9.17) is 13.8 Å². The van der Waals surface area contributed by atoms with E-state index in [1.54, 1.807) is 4.72 Å². The van der Waals surface area contributed by atoms with Gasteiger partial charge in [-0.2, -0.15) is 21.6 Å². The Labute approximate surface area is 109 Å². The topological polar surface area (TPSA) is 180 Å². The van der Waals surface area contributed by atoms with Gasteiger partial charge in [0.1, 0.15) is 18.3 Å². The van der Waals surface area contributed by atoms with Gasteiger partial charge in [-0.25, -0.2) is 4.18 Å². The lowest BCUT2D eigenvalue weighted by Crippen LogP contribution is -2.60. The van der Waals surface area contributed by atoms with Gasteiger partial charge in [0.25, 0.3) is 0 Å². The molecule has 5 N–H and O–H groups in total. The molecule has 1 aliphatic heterocycles. The van der Waals surface area contributed by atoms with Gasteiger partial charge in [0.05, 0.1) is 19.3 Å². The van der Waals surface area contributed by atoms with Gasteiger partial charge in [0.15, 0.2) is 0 Å². The van der Waals surface area contributed by atoms with E-state index >= 15 is 0 Å². The van der Waals surface area contributed by atoms with Gasteiger partial charge in [-0.15, -0.1) is 0 Å². The molecule has 1 aliphatic rings. The van der Waals surface area contributed by atoms with Crippen LogP contribution in [-0.2, 0) is 29.6 Å². The van der Waals surface area contributed by atoms with Gasteiger partial charge in [-0.05, 0) is 0 Å². The van der Waals surface area contributed by atoms with Gasteiger partial charge in [0.2, 0.25) is 0 Å². The minimum absolute atomic E-state index is 0.447. The maximum Gasteiger partial charge on any atom is 0.397 e. The minimum atomic E-state index is -4.73. The summed E-state index contributed by atoms with van der Waals surface area (Å²) in [4.78, 5) is 0. The zero-order valence-corrected chi connectivity index (χ0v) is 10.9. The summed E-state index contributed by atoms with van der Waals surface area (Å²) < 4.78 is 69.1. The van der Waals surface area contributed by atoms with Crippen LogP contribution >= 0.6 is 0 Å². The van der Waals surface area contributed by atoms with Crippen LogP contribution in [0.5, 0.6) is 0 Å². The summed E-state index contributed by atoms with van der Waals surface area (Å²) in [5.41, 5.74) is 0. The van der Waals surface area contributed by atoms with Crippen LogP contribution in [0.15, 0.2) is 0 Å². The van der Waals surface area contributed by atoms with Crippen LogP contribution in [0.2, 0.25) is 0 Å². The standard InChI is InChI=1S/C6H13NO10S2/c8-5-3(7-18(10,11)12)1-16-4(6(5)9)2-17-19(13,14)15/h3-9H,1-2H2,(H,10,11,12)(H,13,14,15)/t3?,4?,5-,6+/m1/s1. The second-order valence-corrected chi connectivity index (χ2v) is 6.04. The van der Waals surface area contributed by atoms with Crippen molar-refractivity contribution in [2.24, 2.45) is 0 Å². The quantitative estimate of drug-likeness (QED) is 0.321. The van der Waals surface area contributed by atoms with Crippen LogP contribution in [0.4, 0.5) is 0 Å². The predicted molar refractivity (Wildman–Crippen MR) is 57.7 cm³/mol. The molecule has 0 radical (unpaired) electrons. The summed E-state index contributed by atoms with van der Waals surface area (Å²) in [7, 11) is -9.33. The molecule has 1 rings (SSSR count). The van der Waals surface area contributed by atoms with Gasteiger partial charge in [-0.1, -0.05) is 0 Å². The lowest BCUT2D eigenvalue weighted by Gasteiger charge is -2.36. The molecule has 0 spiro atoms. The number of hydrogen-bond acceptors (Lipinski definition) is 8. The molecular weight excluding hydrogens is 310 g/mol. The first-order valence-electron chi connectivity index (χ1n) is 4.84. The molecule has 0 aromatic carbocycles. The normalized spacial score (nSPS) is 33.3. The Morgan fingerprint density at radius 2 is 1.74 bits per heavy atom. The molecule has 114 valence electrons. The largest absolute Gasteiger partial charge is 0.397 e. The van der Waals surface area contributed by atoms with Crippen LogP contribution in [0, 0.1) is 0 Å². The van der Waals surface area contributed by atoms with Crippen molar-refractivity contribution < 1.29 is 45.1 Å². The van der Waals surface area contributed by atoms with Crippen molar-refractivity contribution in [1.82, 2.24) is 4.72 Å². The van der Waals surface area contributed by atoms with Crippen molar-refractivity contribution in [3.05, 3.63) is 0 Å². The number of nitrogens with one attached hydrogen (secondary N) is 1. The molecule has 0 amide bonds. The summed E-state index contributed by atoms with van der Waals surface area (Å²) in [6.45, 7) is -1.22. The maximum absolute atomic E-state index is 10.5. The zero-order valence-electron chi connectivity index (χ0n) is 9.28. The molecule has 0 aromatic heterocycles. The van der Waals surface area contributed by atoms with Crippen LogP contribution in [0.1, 0.15) is 0 Å². The van der Waals surface area contributed by atoms with Crippen molar-refractivity contribution in [1.29, 1.82) is 0 Å². The summed E-state index contributed by atoms with van der Waals surface area (Å²) in [6.07, 6.45) is -4.64. The summed E-state index contributed by atoms with van der Waals surface area (Å²) in [6, 6.07) is -1.31. The molecule has 19 heavy (non-hydrogen) atoms. The Balaban J connectivity index is 2.62. The second kappa shape index (κ2) is 5.94. The molecule has 0 bridgehead atoms. The van der Waals surface area contributed by atoms with Gasteiger partial charge >= 0.3 is 20.7 Å². The van der Waals surface area contributed by atoms with Crippen molar-refractivity contribution in [3.63, 3.8) is 0 Å². The van der Waals surface area contributed by atoms with E-state index in [2.05, 4.69) is 4.18 Å². The fourth-order valence-corrected chi connectivity index (χ4v) is 2.37. The summed E-state index contributed by atoms with van der Waals surface area (Å²) >= 11 is 0. The lowest BCUT2D eigenvalue weighted by molar-refractivity contribution is -0.156. The third kappa shape index (κ3) is 5.64. The Kier molecular flexibility index (Phi) is 5.21. The molecule has 0 aliphatic carbocycles. The van der Waals surface area contributed by atoms with Crippen molar-refractivity contribution in [3.8, 4) is 0 Å². The Bertz CT molecular complexity index is 498. The zero-order chi connectivity index (χ0) is 14.8. The van der Waals surface area contributed by atoms with Gasteiger partial charge < -0.3 is 14.9 Å². The Hall–Kier alpha value is -0.380. The number of aliphatic hydroxyl groups excluding tert-OH is 2. The highest BCUT2D eigenvalue weighted by atomic mass is 32.3. The van der Waals surface area contributed by atoms with Gasteiger partial charge in [-0.3, -0.25) is 9.11 Å². The predicted octanol–water partition coefficient (Wildman–Crippen LogP) is -3.31. The van der Waals surface area contributed by atoms with Crippen molar-refractivity contribution in [2.45, 2.75) is 24.4 Å². The summed E-state index contributed by atoms with van der Waals surface area (Å²) in [5, 5.41) is 19.1.